The van der Waals surface area contributed by atoms with Crippen LogP contribution in [-0.2, 0) is 11.2 Å². The van der Waals surface area contributed by atoms with Crippen molar-refractivity contribution >= 4 is 5.78 Å². The maximum Gasteiger partial charge on any atom is 0.151 e. The zero-order valence-corrected chi connectivity index (χ0v) is 8.42. The molecule has 1 atom stereocenters. The van der Waals surface area contributed by atoms with Gasteiger partial charge in [-0.2, -0.15) is 0 Å². The molecule has 1 aliphatic rings. The molecule has 14 heavy (non-hydrogen) atoms. The fourth-order valence-corrected chi connectivity index (χ4v) is 1.80. The molecule has 1 aromatic rings. The SMILES string of the molecule is Cc1ccc(CC2NCCC2=O)cc1. The Balaban J connectivity index is 2.03. The van der Waals surface area contributed by atoms with Gasteiger partial charge in [-0.1, -0.05) is 29.8 Å². The molecule has 1 N–H and O–H groups in total. The molecule has 1 saturated heterocycles. The van der Waals surface area contributed by atoms with Crippen LogP contribution in [0.5, 0.6) is 0 Å². The number of ketones is 1. The van der Waals surface area contributed by atoms with E-state index in [0.717, 1.165) is 13.0 Å². The summed E-state index contributed by atoms with van der Waals surface area (Å²) in [5, 5.41) is 3.22. The van der Waals surface area contributed by atoms with Crippen LogP contribution < -0.4 is 5.32 Å². The van der Waals surface area contributed by atoms with Crippen LogP contribution in [0.4, 0.5) is 0 Å². The first kappa shape index (κ1) is 9.41. The fraction of sp³-hybridized carbons (Fsp3) is 0.417. The highest BCUT2D eigenvalue weighted by Crippen LogP contribution is 2.10. The standard InChI is InChI=1S/C12H15NO/c1-9-2-4-10(5-3-9)8-11-12(14)6-7-13-11/h2-5,11,13H,6-8H2,1H3. The molecule has 0 spiro atoms. The van der Waals surface area contributed by atoms with E-state index in [2.05, 4.69) is 36.5 Å². The van der Waals surface area contributed by atoms with Crippen molar-refractivity contribution in [3.63, 3.8) is 0 Å². The van der Waals surface area contributed by atoms with E-state index in [-0.39, 0.29) is 6.04 Å². The van der Waals surface area contributed by atoms with Crippen LogP contribution in [-0.4, -0.2) is 18.4 Å². The summed E-state index contributed by atoms with van der Waals surface area (Å²) in [5.74, 6) is 0.352. The third-order valence-electron chi connectivity index (χ3n) is 2.71. The second-order valence-electron chi connectivity index (χ2n) is 3.91. The van der Waals surface area contributed by atoms with Crippen LogP contribution in [0.25, 0.3) is 0 Å². The maximum absolute atomic E-state index is 11.4. The van der Waals surface area contributed by atoms with Gasteiger partial charge in [0, 0.05) is 13.0 Å². The molecule has 2 rings (SSSR count). The van der Waals surface area contributed by atoms with Gasteiger partial charge in [-0.25, -0.2) is 0 Å². The monoisotopic (exact) mass is 189 g/mol. The third-order valence-corrected chi connectivity index (χ3v) is 2.71. The minimum atomic E-state index is 0.0534. The van der Waals surface area contributed by atoms with E-state index >= 15 is 0 Å². The molecular formula is C12H15NO. The van der Waals surface area contributed by atoms with Gasteiger partial charge < -0.3 is 5.32 Å². The summed E-state index contributed by atoms with van der Waals surface area (Å²) >= 11 is 0. The van der Waals surface area contributed by atoms with Crippen molar-refractivity contribution in [2.45, 2.75) is 25.8 Å². The Morgan fingerprint density at radius 1 is 1.36 bits per heavy atom. The molecule has 0 aliphatic carbocycles. The van der Waals surface area contributed by atoms with Gasteiger partial charge in [-0.05, 0) is 18.9 Å². The molecule has 0 radical (unpaired) electrons. The molecule has 0 aromatic heterocycles. The van der Waals surface area contributed by atoms with Crippen molar-refractivity contribution in [3.8, 4) is 0 Å². The van der Waals surface area contributed by atoms with E-state index < -0.39 is 0 Å². The molecule has 74 valence electrons. The quantitative estimate of drug-likeness (QED) is 0.763. The number of rotatable bonds is 2. The predicted octanol–water partition coefficient (Wildman–Crippen LogP) is 1.47. The van der Waals surface area contributed by atoms with Gasteiger partial charge in [0.15, 0.2) is 5.78 Å². The molecule has 1 aliphatic heterocycles. The number of hydrogen-bond acceptors (Lipinski definition) is 2. The second kappa shape index (κ2) is 3.93. The lowest BCUT2D eigenvalue weighted by Crippen LogP contribution is -2.29. The third kappa shape index (κ3) is 2.02. The summed E-state index contributed by atoms with van der Waals surface area (Å²) in [4.78, 5) is 11.4. The molecular weight excluding hydrogens is 174 g/mol. The maximum atomic E-state index is 11.4. The predicted molar refractivity (Wildman–Crippen MR) is 56.3 cm³/mol. The number of Topliss-reactive ketones (excluding diaryl/α,β-unsaturated/α-hetero) is 1. The van der Waals surface area contributed by atoms with Gasteiger partial charge in [0.25, 0.3) is 0 Å². The first-order chi connectivity index (χ1) is 6.75. The highest BCUT2D eigenvalue weighted by atomic mass is 16.1. The number of aryl methyl sites for hydroxylation is 1. The summed E-state index contributed by atoms with van der Waals surface area (Å²) in [6.07, 6.45) is 1.52. The average Bonchev–Trinajstić information content (AvgIpc) is 2.56. The number of carbonyl (C=O) groups is 1. The van der Waals surface area contributed by atoms with Crippen molar-refractivity contribution < 1.29 is 4.79 Å². The summed E-state index contributed by atoms with van der Waals surface area (Å²) in [5.41, 5.74) is 2.50. The van der Waals surface area contributed by atoms with Crippen molar-refractivity contribution in [3.05, 3.63) is 35.4 Å². The Bertz CT molecular complexity index is 329. The number of benzene rings is 1. The van der Waals surface area contributed by atoms with Gasteiger partial charge in [-0.3, -0.25) is 4.79 Å². The molecule has 2 nitrogen and oxygen atoms in total. The topological polar surface area (TPSA) is 29.1 Å². The second-order valence-corrected chi connectivity index (χ2v) is 3.91. The summed E-state index contributed by atoms with van der Waals surface area (Å²) < 4.78 is 0. The molecule has 1 fully saturated rings. The van der Waals surface area contributed by atoms with Crippen molar-refractivity contribution in [2.24, 2.45) is 0 Å². The lowest BCUT2D eigenvalue weighted by Gasteiger charge is -2.08. The zero-order chi connectivity index (χ0) is 9.97. The van der Waals surface area contributed by atoms with Gasteiger partial charge in [0.05, 0.1) is 6.04 Å². The Morgan fingerprint density at radius 2 is 2.07 bits per heavy atom. The first-order valence-electron chi connectivity index (χ1n) is 5.07. The highest BCUT2D eigenvalue weighted by molar-refractivity contribution is 5.86. The van der Waals surface area contributed by atoms with Crippen molar-refractivity contribution in [1.29, 1.82) is 0 Å². The molecule has 0 bridgehead atoms. The first-order valence-corrected chi connectivity index (χ1v) is 5.07. The Hall–Kier alpha value is -1.15. The molecule has 2 heteroatoms. The summed E-state index contributed by atoms with van der Waals surface area (Å²) in [6.45, 7) is 2.91. The number of nitrogens with one attached hydrogen (secondary N) is 1. The minimum absolute atomic E-state index is 0.0534. The number of hydrogen-bond donors (Lipinski definition) is 1. The smallest absolute Gasteiger partial charge is 0.151 e. The van der Waals surface area contributed by atoms with Crippen LogP contribution in [0.2, 0.25) is 0 Å². The van der Waals surface area contributed by atoms with Crippen LogP contribution in [0.1, 0.15) is 17.5 Å². The van der Waals surface area contributed by atoms with Crippen molar-refractivity contribution in [1.82, 2.24) is 5.32 Å². The van der Waals surface area contributed by atoms with E-state index in [0.29, 0.717) is 12.2 Å². The van der Waals surface area contributed by atoms with Gasteiger partial charge in [0.2, 0.25) is 0 Å². The summed E-state index contributed by atoms with van der Waals surface area (Å²) in [7, 11) is 0. The molecule has 0 saturated carbocycles. The van der Waals surface area contributed by atoms with E-state index in [9.17, 15) is 4.79 Å². The Morgan fingerprint density at radius 3 is 2.64 bits per heavy atom. The van der Waals surface area contributed by atoms with Gasteiger partial charge in [-0.15, -0.1) is 0 Å². The molecule has 1 unspecified atom stereocenters. The summed E-state index contributed by atoms with van der Waals surface area (Å²) in [6, 6.07) is 8.44. The lowest BCUT2D eigenvalue weighted by atomic mass is 10.0. The van der Waals surface area contributed by atoms with E-state index in [4.69, 9.17) is 0 Å². The van der Waals surface area contributed by atoms with Gasteiger partial charge >= 0.3 is 0 Å². The largest absolute Gasteiger partial charge is 0.307 e. The average molecular weight is 189 g/mol. The minimum Gasteiger partial charge on any atom is -0.307 e. The number of carbonyl (C=O) groups excluding carboxylic acids is 1. The van der Waals surface area contributed by atoms with E-state index in [1.54, 1.807) is 0 Å². The van der Waals surface area contributed by atoms with Crippen LogP contribution in [0, 0.1) is 6.92 Å². The highest BCUT2D eigenvalue weighted by Gasteiger charge is 2.23. The van der Waals surface area contributed by atoms with Crippen molar-refractivity contribution in [2.75, 3.05) is 6.54 Å². The van der Waals surface area contributed by atoms with Crippen LogP contribution in [0.3, 0.4) is 0 Å². The van der Waals surface area contributed by atoms with Crippen LogP contribution >= 0.6 is 0 Å². The molecule has 1 heterocycles. The zero-order valence-electron chi connectivity index (χ0n) is 8.42. The van der Waals surface area contributed by atoms with Crippen LogP contribution in [0.15, 0.2) is 24.3 Å². The fourth-order valence-electron chi connectivity index (χ4n) is 1.80. The van der Waals surface area contributed by atoms with E-state index in [1.807, 2.05) is 0 Å². The Labute approximate surface area is 84.3 Å². The molecule has 0 amide bonds. The van der Waals surface area contributed by atoms with E-state index in [1.165, 1.54) is 11.1 Å². The van der Waals surface area contributed by atoms with Gasteiger partial charge in [0.1, 0.15) is 0 Å². The lowest BCUT2D eigenvalue weighted by molar-refractivity contribution is -0.118. The molecule has 1 aromatic carbocycles. The Kier molecular flexibility index (Phi) is 2.64. The normalized spacial score (nSPS) is 21.5.